The van der Waals surface area contributed by atoms with Gasteiger partial charge in [-0.05, 0) is 13.0 Å². The van der Waals surface area contributed by atoms with Gasteiger partial charge in [-0.2, -0.15) is 4.98 Å². The van der Waals surface area contributed by atoms with Crippen LogP contribution in [0.15, 0.2) is 12.1 Å². The van der Waals surface area contributed by atoms with Gasteiger partial charge in [-0.25, -0.2) is 0 Å². The highest BCUT2D eigenvalue weighted by molar-refractivity contribution is 6.01. The Hall–Kier alpha value is -1.78. The van der Waals surface area contributed by atoms with Crippen molar-refractivity contribution in [1.82, 2.24) is 4.98 Å². The van der Waals surface area contributed by atoms with Crippen LogP contribution in [0.25, 0.3) is 0 Å². The lowest BCUT2D eigenvalue weighted by atomic mass is 10.2. The fourth-order valence-corrected chi connectivity index (χ4v) is 1.28. The summed E-state index contributed by atoms with van der Waals surface area (Å²) in [6.45, 7) is 1.78. The van der Waals surface area contributed by atoms with E-state index in [1.54, 1.807) is 26.2 Å². The van der Waals surface area contributed by atoms with Gasteiger partial charge in [0, 0.05) is 6.07 Å². The summed E-state index contributed by atoms with van der Waals surface area (Å²) in [6, 6.07) is 3.21. The fourth-order valence-electron chi connectivity index (χ4n) is 1.28. The van der Waals surface area contributed by atoms with E-state index in [9.17, 15) is 4.79 Å². The van der Waals surface area contributed by atoms with Gasteiger partial charge in [-0.3, -0.25) is 4.79 Å². The first kappa shape index (κ1) is 8.80. The van der Waals surface area contributed by atoms with Crippen LogP contribution in [0.5, 0.6) is 5.88 Å². The maximum atomic E-state index is 11.3. The van der Waals surface area contributed by atoms with E-state index in [4.69, 9.17) is 4.74 Å². The average molecular weight is 193 g/mol. The highest BCUT2D eigenvalue weighted by Crippen LogP contribution is 2.26. The number of amides is 1. The molecule has 0 spiro atoms. The molecule has 0 radical (unpaired) electrons. The molecule has 5 nitrogen and oxygen atoms in total. The number of fused-ring (bicyclic) bond motifs is 1. The van der Waals surface area contributed by atoms with Gasteiger partial charge >= 0.3 is 0 Å². The minimum atomic E-state index is -0.262. The summed E-state index contributed by atoms with van der Waals surface area (Å²) < 4.78 is 4.98. The van der Waals surface area contributed by atoms with E-state index in [0.717, 1.165) is 0 Å². The Bertz CT molecular complexity index is 378. The van der Waals surface area contributed by atoms with Crippen LogP contribution in [0.1, 0.15) is 6.92 Å². The van der Waals surface area contributed by atoms with Crippen molar-refractivity contribution in [1.29, 1.82) is 0 Å². The molecule has 2 heterocycles. The molecule has 0 saturated heterocycles. The molecule has 0 aromatic carbocycles. The smallest absolute Gasteiger partial charge is 0.246 e. The largest absolute Gasteiger partial charge is 0.481 e. The van der Waals surface area contributed by atoms with E-state index in [0.29, 0.717) is 17.4 Å². The molecule has 1 aromatic heterocycles. The molecule has 74 valence electrons. The Kier molecular flexibility index (Phi) is 1.99. The van der Waals surface area contributed by atoms with Gasteiger partial charge < -0.3 is 15.4 Å². The summed E-state index contributed by atoms with van der Waals surface area (Å²) in [5.74, 6) is 1.13. The van der Waals surface area contributed by atoms with E-state index >= 15 is 0 Å². The number of anilines is 2. The molecular weight excluding hydrogens is 182 g/mol. The highest BCUT2D eigenvalue weighted by atomic mass is 16.5. The fraction of sp³-hybridized carbons (Fsp3) is 0.333. The molecule has 1 amide bonds. The minimum absolute atomic E-state index is 0.0514. The molecule has 0 fully saturated rings. The van der Waals surface area contributed by atoms with Crippen LogP contribution in [0.2, 0.25) is 0 Å². The van der Waals surface area contributed by atoms with E-state index in [-0.39, 0.29) is 11.9 Å². The summed E-state index contributed by atoms with van der Waals surface area (Å²) in [4.78, 5) is 15.4. The van der Waals surface area contributed by atoms with Crippen molar-refractivity contribution in [3.05, 3.63) is 12.1 Å². The number of nitrogens with one attached hydrogen (secondary N) is 2. The van der Waals surface area contributed by atoms with E-state index < -0.39 is 0 Å². The lowest BCUT2D eigenvalue weighted by Gasteiger charge is -2.23. The van der Waals surface area contributed by atoms with Crippen molar-refractivity contribution in [2.75, 3.05) is 17.7 Å². The molecule has 14 heavy (non-hydrogen) atoms. The van der Waals surface area contributed by atoms with Crippen molar-refractivity contribution in [2.45, 2.75) is 13.0 Å². The summed E-state index contributed by atoms with van der Waals surface area (Å²) in [5, 5.41) is 5.72. The molecule has 1 aliphatic rings. The number of carbonyl (C=O) groups excluding carboxylic acids is 1. The van der Waals surface area contributed by atoms with Crippen LogP contribution in [0.3, 0.4) is 0 Å². The molecule has 0 aliphatic carbocycles. The zero-order valence-electron chi connectivity index (χ0n) is 8.00. The molecule has 0 saturated carbocycles. The predicted molar refractivity (Wildman–Crippen MR) is 52.5 cm³/mol. The number of ether oxygens (including phenoxy) is 1. The number of methoxy groups -OCH3 is 1. The normalized spacial score (nSPS) is 19.3. The zero-order valence-corrected chi connectivity index (χ0v) is 8.00. The third-order valence-electron chi connectivity index (χ3n) is 2.08. The lowest BCUT2D eigenvalue weighted by molar-refractivity contribution is -0.116. The van der Waals surface area contributed by atoms with Crippen LogP contribution < -0.4 is 15.4 Å². The zero-order chi connectivity index (χ0) is 10.1. The molecule has 1 aliphatic heterocycles. The highest BCUT2D eigenvalue weighted by Gasteiger charge is 2.22. The Balaban J connectivity index is 2.37. The van der Waals surface area contributed by atoms with Crippen molar-refractivity contribution in [3.8, 4) is 5.88 Å². The second kappa shape index (κ2) is 3.17. The molecule has 5 heteroatoms. The standard InChI is InChI=1S/C9H11N3O2/c1-5-9(13)11-6-3-4-7(14-2)12-8(6)10-5/h3-5H,1-2H3,(H,10,12)(H,11,13). The van der Waals surface area contributed by atoms with Crippen molar-refractivity contribution in [2.24, 2.45) is 0 Å². The Morgan fingerprint density at radius 1 is 1.50 bits per heavy atom. The first-order chi connectivity index (χ1) is 6.70. The number of carbonyl (C=O) groups is 1. The molecule has 2 rings (SSSR count). The Morgan fingerprint density at radius 3 is 3.00 bits per heavy atom. The number of pyridine rings is 1. The Labute approximate surface area is 81.5 Å². The SMILES string of the molecule is COc1ccc2c(n1)NC(C)C(=O)N2. The number of nitrogens with zero attached hydrogens (tertiary/aromatic N) is 1. The maximum Gasteiger partial charge on any atom is 0.246 e. The molecule has 1 unspecified atom stereocenters. The first-order valence-electron chi connectivity index (χ1n) is 4.33. The summed E-state index contributed by atoms with van der Waals surface area (Å²) in [5.41, 5.74) is 0.689. The van der Waals surface area contributed by atoms with Crippen LogP contribution in [0, 0.1) is 0 Å². The molecule has 1 atom stereocenters. The number of rotatable bonds is 1. The summed E-state index contributed by atoms with van der Waals surface area (Å²) in [7, 11) is 1.56. The van der Waals surface area contributed by atoms with Gasteiger partial charge in [0.2, 0.25) is 11.8 Å². The molecular formula is C9H11N3O2. The topological polar surface area (TPSA) is 63.2 Å². The third kappa shape index (κ3) is 1.37. The summed E-state index contributed by atoms with van der Waals surface area (Å²) in [6.07, 6.45) is 0. The second-order valence-electron chi connectivity index (χ2n) is 3.11. The average Bonchev–Trinajstić information content (AvgIpc) is 2.19. The maximum absolute atomic E-state index is 11.3. The Morgan fingerprint density at radius 2 is 2.29 bits per heavy atom. The predicted octanol–water partition coefficient (Wildman–Crippen LogP) is 0.843. The number of hydrogen-bond donors (Lipinski definition) is 2. The van der Waals surface area contributed by atoms with Gasteiger partial charge in [-0.1, -0.05) is 0 Å². The monoisotopic (exact) mass is 193 g/mol. The molecule has 0 bridgehead atoms. The van der Waals surface area contributed by atoms with Gasteiger partial charge in [0.05, 0.1) is 12.8 Å². The van der Waals surface area contributed by atoms with Crippen LogP contribution >= 0.6 is 0 Å². The number of hydrogen-bond acceptors (Lipinski definition) is 4. The van der Waals surface area contributed by atoms with Crippen LogP contribution in [-0.2, 0) is 4.79 Å². The van der Waals surface area contributed by atoms with Gasteiger partial charge in [0.25, 0.3) is 0 Å². The van der Waals surface area contributed by atoms with Crippen LogP contribution in [-0.4, -0.2) is 24.0 Å². The van der Waals surface area contributed by atoms with Crippen LogP contribution in [0.4, 0.5) is 11.5 Å². The van der Waals surface area contributed by atoms with Crippen molar-refractivity contribution in [3.63, 3.8) is 0 Å². The quantitative estimate of drug-likeness (QED) is 0.693. The third-order valence-corrected chi connectivity index (χ3v) is 2.08. The lowest BCUT2D eigenvalue weighted by Crippen LogP contribution is -2.36. The van der Waals surface area contributed by atoms with Gasteiger partial charge in [-0.15, -0.1) is 0 Å². The minimum Gasteiger partial charge on any atom is -0.481 e. The second-order valence-corrected chi connectivity index (χ2v) is 3.11. The number of aromatic nitrogens is 1. The molecule has 2 N–H and O–H groups in total. The van der Waals surface area contributed by atoms with E-state index in [1.165, 1.54) is 0 Å². The van der Waals surface area contributed by atoms with E-state index in [1.807, 2.05) is 0 Å². The molecule has 1 aromatic rings. The van der Waals surface area contributed by atoms with Crippen molar-refractivity contribution >= 4 is 17.4 Å². The van der Waals surface area contributed by atoms with Crippen molar-refractivity contribution < 1.29 is 9.53 Å². The van der Waals surface area contributed by atoms with Gasteiger partial charge in [0.15, 0.2) is 5.82 Å². The van der Waals surface area contributed by atoms with E-state index in [2.05, 4.69) is 15.6 Å². The first-order valence-corrected chi connectivity index (χ1v) is 4.33. The van der Waals surface area contributed by atoms with Gasteiger partial charge in [0.1, 0.15) is 6.04 Å². The summed E-state index contributed by atoms with van der Waals surface area (Å²) >= 11 is 0.